The first-order chi connectivity index (χ1) is 8.44. The van der Waals surface area contributed by atoms with Crippen LogP contribution in [0.3, 0.4) is 0 Å². The van der Waals surface area contributed by atoms with Gasteiger partial charge in [0.2, 0.25) is 0 Å². The van der Waals surface area contributed by atoms with Crippen molar-refractivity contribution in [3.8, 4) is 0 Å². The Hall–Kier alpha value is -1.22. The fourth-order valence-corrected chi connectivity index (χ4v) is 3.07. The van der Waals surface area contributed by atoms with Crippen LogP contribution in [0.15, 0.2) is 29.4 Å². The van der Waals surface area contributed by atoms with Gasteiger partial charge in [0.1, 0.15) is 12.4 Å². The monoisotopic (exact) mass is 287 g/mol. The minimum absolute atomic E-state index is 0.224. The van der Waals surface area contributed by atoms with Gasteiger partial charge >= 0.3 is 10.2 Å². The van der Waals surface area contributed by atoms with Crippen molar-refractivity contribution < 1.29 is 13.5 Å². The second-order valence-electron chi connectivity index (χ2n) is 3.86. The van der Waals surface area contributed by atoms with Gasteiger partial charge in [0.15, 0.2) is 0 Å². The first-order valence-electron chi connectivity index (χ1n) is 5.10. The van der Waals surface area contributed by atoms with E-state index in [1.54, 1.807) is 11.4 Å². The third-order valence-electron chi connectivity index (χ3n) is 2.48. The van der Waals surface area contributed by atoms with Crippen LogP contribution in [-0.4, -0.2) is 40.9 Å². The van der Waals surface area contributed by atoms with Crippen molar-refractivity contribution in [2.75, 3.05) is 14.1 Å². The number of thiophene rings is 1. The molecule has 0 saturated carbocycles. The van der Waals surface area contributed by atoms with Crippen LogP contribution in [0, 0.1) is 0 Å². The highest BCUT2D eigenvalue weighted by Crippen LogP contribution is 2.24. The number of hydrogen-bond donors (Lipinski definition) is 1. The van der Waals surface area contributed by atoms with Crippen molar-refractivity contribution in [2.45, 2.75) is 6.10 Å². The Morgan fingerprint density at radius 3 is 2.78 bits per heavy atom. The van der Waals surface area contributed by atoms with Crippen LogP contribution >= 0.6 is 11.3 Å². The number of hydrogen-bond acceptors (Lipinski definition) is 5. The lowest BCUT2D eigenvalue weighted by atomic mass is 10.1. The fourth-order valence-electron chi connectivity index (χ4n) is 1.45. The van der Waals surface area contributed by atoms with Crippen molar-refractivity contribution in [1.82, 2.24) is 13.3 Å². The van der Waals surface area contributed by atoms with E-state index >= 15 is 0 Å². The molecule has 0 saturated heterocycles. The summed E-state index contributed by atoms with van der Waals surface area (Å²) in [6.07, 6.45) is 1.53. The standard InChI is InChI=1S/C10H13N3O3S2/c1-12(2)18(15,16)13-7-11-5-9(13)10(14)8-3-4-17-6-8/h3-7,10,14H,1-2H3. The highest BCUT2D eigenvalue weighted by molar-refractivity contribution is 7.87. The molecule has 1 atom stereocenters. The average molecular weight is 287 g/mol. The van der Waals surface area contributed by atoms with E-state index in [9.17, 15) is 13.5 Å². The van der Waals surface area contributed by atoms with Gasteiger partial charge in [-0.1, -0.05) is 0 Å². The average Bonchev–Trinajstić information content (AvgIpc) is 2.99. The third kappa shape index (κ3) is 2.19. The molecule has 8 heteroatoms. The summed E-state index contributed by atoms with van der Waals surface area (Å²) in [5, 5.41) is 13.7. The van der Waals surface area contributed by atoms with E-state index in [2.05, 4.69) is 4.98 Å². The zero-order valence-corrected chi connectivity index (χ0v) is 11.5. The summed E-state index contributed by atoms with van der Waals surface area (Å²) in [6.45, 7) is 0. The molecule has 18 heavy (non-hydrogen) atoms. The molecular formula is C10H13N3O3S2. The molecule has 2 aromatic rings. The van der Waals surface area contributed by atoms with Crippen molar-refractivity contribution in [3.05, 3.63) is 40.6 Å². The molecule has 0 radical (unpaired) electrons. The van der Waals surface area contributed by atoms with E-state index in [1.807, 2.05) is 5.38 Å². The topological polar surface area (TPSA) is 75.4 Å². The van der Waals surface area contributed by atoms with E-state index in [0.717, 1.165) is 8.28 Å². The van der Waals surface area contributed by atoms with Gasteiger partial charge in [0.05, 0.1) is 11.9 Å². The molecule has 1 N–H and O–H groups in total. The van der Waals surface area contributed by atoms with Crippen LogP contribution < -0.4 is 0 Å². The number of aliphatic hydroxyl groups is 1. The first-order valence-corrected chi connectivity index (χ1v) is 7.44. The molecule has 2 heterocycles. The molecule has 1 unspecified atom stereocenters. The molecule has 0 amide bonds. The largest absolute Gasteiger partial charge is 0.382 e. The lowest BCUT2D eigenvalue weighted by Gasteiger charge is -2.16. The summed E-state index contributed by atoms with van der Waals surface area (Å²) in [5.74, 6) is 0. The minimum atomic E-state index is -3.67. The SMILES string of the molecule is CN(C)S(=O)(=O)n1cncc1C(O)c1ccsc1. The number of imidazole rings is 1. The van der Waals surface area contributed by atoms with Gasteiger partial charge in [0, 0.05) is 14.1 Å². The molecule has 98 valence electrons. The van der Waals surface area contributed by atoms with Crippen molar-refractivity contribution >= 4 is 21.5 Å². The van der Waals surface area contributed by atoms with Crippen molar-refractivity contribution in [1.29, 1.82) is 0 Å². The molecule has 0 aliphatic heterocycles. The predicted octanol–water partition coefficient (Wildman–Crippen LogP) is 0.681. The van der Waals surface area contributed by atoms with Crippen molar-refractivity contribution in [3.63, 3.8) is 0 Å². The molecule has 2 rings (SSSR count). The van der Waals surface area contributed by atoms with Gasteiger partial charge in [-0.25, -0.2) is 8.96 Å². The molecule has 0 fully saturated rings. The zero-order valence-electron chi connectivity index (χ0n) is 9.89. The smallest absolute Gasteiger partial charge is 0.308 e. The Morgan fingerprint density at radius 2 is 2.22 bits per heavy atom. The molecule has 0 aliphatic rings. The van der Waals surface area contributed by atoms with Crippen LogP contribution in [0.4, 0.5) is 0 Å². The van der Waals surface area contributed by atoms with Crippen LogP contribution in [-0.2, 0) is 10.2 Å². The lowest BCUT2D eigenvalue weighted by molar-refractivity contribution is 0.214. The Bertz CT molecular complexity index is 617. The van der Waals surface area contributed by atoms with Gasteiger partial charge in [-0.05, 0) is 22.4 Å². The normalized spacial score (nSPS) is 14.0. The maximum absolute atomic E-state index is 12.0. The van der Waals surface area contributed by atoms with E-state index in [0.29, 0.717) is 5.56 Å². The van der Waals surface area contributed by atoms with Gasteiger partial charge in [0.25, 0.3) is 0 Å². The van der Waals surface area contributed by atoms with Crippen LogP contribution in [0.5, 0.6) is 0 Å². The number of rotatable bonds is 4. The highest BCUT2D eigenvalue weighted by Gasteiger charge is 2.24. The number of nitrogens with zero attached hydrogens (tertiary/aromatic N) is 3. The Labute approximate surface area is 109 Å². The summed E-state index contributed by atoms with van der Waals surface area (Å²) in [6, 6.07) is 1.74. The number of aliphatic hydroxyl groups excluding tert-OH is 1. The summed E-state index contributed by atoms with van der Waals surface area (Å²) >= 11 is 1.44. The number of aromatic nitrogens is 2. The van der Waals surface area contributed by atoms with Gasteiger partial charge in [-0.2, -0.15) is 24.1 Å². The summed E-state index contributed by atoms with van der Waals surface area (Å²) in [4.78, 5) is 3.80. The molecular weight excluding hydrogens is 274 g/mol. The lowest BCUT2D eigenvalue weighted by Crippen LogP contribution is -2.30. The summed E-state index contributed by atoms with van der Waals surface area (Å²) in [7, 11) is -0.816. The van der Waals surface area contributed by atoms with E-state index < -0.39 is 16.3 Å². The second-order valence-corrected chi connectivity index (χ2v) is 6.66. The highest BCUT2D eigenvalue weighted by atomic mass is 32.2. The molecule has 0 aromatic carbocycles. The Kier molecular flexibility index (Phi) is 3.53. The molecule has 6 nitrogen and oxygen atoms in total. The maximum Gasteiger partial charge on any atom is 0.308 e. The quantitative estimate of drug-likeness (QED) is 0.897. The molecule has 0 bridgehead atoms. The second kappa shape index (κ2) is 4.81. The van der Waals surface area contributed by atoms with E-state index in [4.69, 9.17) is 0 Å². The summed E-state index contributed by atoms with van der Waals surface area (Å²) in [5.41, 5.74) is 0.873. The van der Waals surface area contributed by atoms with Crippen LogP contribution in [0.1, 0.15) is 17.4 Å². The Morgan fingerprint density at radius 1 is 1.50 bits per heavy atom. The van der Waals surface area contributed by atoms with E-state index in [-0.39, 0.29) is 5.69 Å². The summed E-state index contributed by atoms with van der Waals surface area (Å²) < 4.78 is 26.1. The van der Waals surface area contributed by atoms with Gasteiger partial charge in [-0.15, -0.1) is 0 Å². The zero-order chi connectivity index (χ0) is 13.3. The molecule has 0 aliphatic carbocycles. The van der Waals surface area contributed by atoms with Gasteiger partial charge < -0.3 is 5.11 Å². The maximum atomic E-state index is 12.0. The van der Waals surface area contributed by atoms with Gasteiger partial charge in [-0.3, -0.25) is 0 Å². The third-order valence-corrected chi connectivity index (χ3v) is 4.91. The van der Waals surface area contributed by atoms with E-state index in [1.165, 1.54) is 38.0 Å². The molecule has 0 spiro atoms. The Balaban J connectivity index is 2.46. The molecule has 2 aromatic heterocycles. The van der Waals surface area contributed by atoms with Crippen LogP contribution in [0.25, 0.3) is 0 Å². The van der Waals surface area contributed by atoms with Crippen LogP contribution in [0.2, 0.25) is 0 Å². The predicted molar refractivity (Wildman–Crippen MR) is 68.6 cm³/mol. The van der Waals surface area contributed by atoms with Crippen molar-refractivity contribution in [2.24, 2.45) is 0 Å². The fraction of sp³-hybridized carbons (Fsp3) is 0.300. The minimum Gasteiger partial charge on any atom is -0.382 e. The first kappa shape index (κ1) is 13.2.